The summed E-state index contributed by atoms with van der Waals surface area (Å²) in [6.07, 6.45) is 1.54. The zero-order chi connectivity index (χ0) is 27.5. The average molecular weight is 591 g/mol. The molecule has 3 aromatic carbocycles. The Balaban J connectivity index is 1.42. The van der Waals surface area contributed by atoms with Crippen LogP contribution in [0.25, 0.3) is 16.8 Å². The highest BCUT2D eigenvalue weighted by Crippen LogP contribution is 2.37. The maximum atomic E-state index is 13.2. The fraction of sp³-hybridized carbons (Fsp3) is 0.138. The molecule has 0 saturated carbocycles. The van der Waals surface area contributed by atoms with E-state index in [2.05, 4.69) is 26.0 Å². The van der Waals surface area contributed by atoms with E-state index in [0.29, 0.717) is 21.5 Å². The maximum Gasteiger partial charge on any atom is 0.373 e. The van der Waals surface area contributed by atoms with Crippen molar-refractivity contribution >= 4 is 50.7 Å². The van der Waals surface area contributed by atoms with Crippen molar-refractivity contribution < 1.29 is 33.0 Å². The molecule has 5 rings (SSSR count). The van der Waals surface area contributed by atoms with Gasteiger partial charge in [0.15, 0.2) is 11.5 Å². The number of urea groups is 1. The quantitative estimate of drug-likeness (QED) is 0.160. The predicted molar refractivity (Wildman–Crippen MR) is 146 cm³/mol. The number of carbonyl (C=O) groups excluding carboxylic acids is 3. The molecule has 3 amide bonds. The number of carbonyl (C=O) groups is 3. The Morgan fingerprint density at radius 3 is 2.64 bits per heavy atom. The third-order valence-electron chi connectivity index (χ3n) is 6.14. The highest BCUT2D eigenvalue weighted by Gasteiger charge is 2.35. The highest BCUT2D eigenvalue weighted by molar-refractivity contribution is 9.10. The summed E-state index contributed by atoms with van der Waals surface area (Å²) in [7, 11) is 2.76. The highest BCUT2D eigenvalue weighted by atomic mass is 79.9. The third kappa shape index (κ3) is 5.37. The number of nitrogens with zero attached hydrogens (tertiary/aromatic N) is 1. The molecule has 0 bridgehead atoms. The number of ether oxygens (including phenoxy) is 3. The predicted octanol–water partition coefficient (Wildman–Crippen LogP) is 5.66. The van der Waals surface area contributed by atoms with Gasteiger partial charge in [0.2, 0.25) is 5.76 Å². The Hall–Kier alpha value is -4.57. The molecule has 0 radical (unpaired) electrons. The van der Waals surface area contributed by atoms with Gasteiger partial charge in [0.05, 0.1) is 20.8 Å². The van der Waals surface area contributed by atoms with E-state index in [0.717, 1.165) is 21.2 Å². The number of fused-ring (bicyclic) bond motifs is 1. The van der Waals surface area contributed by atoms with Gasteiger partial charge in [-0.05, 0) is 46.7 Å². The van der Waals surface area contributed by atoms with E-state index in [1.165, 1.54) is 32.4 Å². The number of esters is 1. The summed E-state index contributed by atoms with van der Waals surface area (Å²) in [6, 6.07) is 19.9. The summed E-state index contributed by atoms with van der Waals surface area (Å²) >= 11 is 3.47. The lowest BCUT2D eigenvalue weighted by Gasteiger charge is -2.15. The number of imide groups is 1. The van der Waals surface area contributed by atoms with Gasteiger partial charge < -0.3 is 23.9 Å². The molecule has 0 spiro atoms. The van der Waals surface area contributed by atoms with E-state index in [-0.39, 0.29) is 30.4 Å². The van der Waals surface area contributed by atoms with Crippen LogP contribution in [0.15, 0.2) is 81.3 Å². The summed E-state index contributed by atoms with van der Waals surface area (Å²) in [6.45, 7) is 0.0915. The van der Waals surface area contributed by atoms with Crippen LogP contribution in [0.4, 0.5) is 4.79 Å². The molecule has 0 aliphatic carbocycles. The number of methoxy groups -OCH3 is 2. The van der Waals surface area contributed by atoms with Crippen LogP contribution in [0.2, 0.25) is 0 Å². The van der Waals surface area contributed by atoms with E-state index < -0.39 is 17.9 Å². The Labute approximate surface area is 232 Å². The first-order chi connectivity index (χ1) is 18.9. The smallest absolute Gasteiger partial charge is 0.373 e. The number of hydrogen-bond donors (Lipinski definition) is 1. The standard InChI is InChI=1S/C29H23BrN2O7/c1-36-25-14-20(30)12-19(26(25)38-16-18-8-5-7-17-6-3-4-9-22(17)18)13-23-27(33)32(29(35)31-23)15-21-10-11-24(39-21)28(34)37-2/h3-14H,15-16H2,1-2H3,(H,31,35)/b23-13-. The second-order valence-corrected chi connectivity index (χ2v) is 9.51. The SMILES string of the molecule is COC(=O)c1ccc(CN2C(=O)N/C(=C\c3cc(Br)cc(OC)c3OCc3cccc4ccccc34)C2=O)o1. The minimum Gasteiger partial charge on any atom is -0.493 e. The van der Waals surface area contributed by atoms with Gasteiger partial charge in [0.25, 0.3) is 5.91 Å². The van der Waals surface area contributed by atoms with Crippen LogP contribution in [-0.2, 0) is 22.7 Å². The molecule has 198 valence electrons. The zero-order valence-electron chi connectivity index (χ0n) is 21.0. The molecule has 4 aromatic rings. The first-order valence-electron chi connectivity index (χ1n) is 11.9. The van der Waals surface area contributed by atoms with Crippen LogP contribution in [0, 0.1) is 0 Å². The van der Waals surface area contributed by atoms with Crippen molar-refractivity contribution in [3.05, 3.63) is 99.5 Å². The second-order valence-electron chi connectivity index (χ2n) is 8.59. The van der Waals surface area contributed by atoms with Crippen molar-refractivity contribution in [2.75, 3.05) is 14.2 Å². The van der Waals surface area contributed by atoms with E-state index in [1.807, 2.05) is 42.5 Å². The molecule has 9 nitrogen and oxygen atoms in total. The minimum absolute atomic E-state index is 0.0236. The molecular formula is C29H23BrN2O7. The number of hydrogen-bond acceptors (Lipinski definition) is 7. The lowest BCUT2D eigenvalue weighted by atomic mass is 10.1. The summed E-state index contributed by atoms with van der Waals surface area (Å²) in [4.78, 5) is 38.4. The molecule has 1 saturated heterocycles. The summed E-state index contributed by atoms with van der Waals surface area (Å²) in [5.74, 6) is -0.118. The normalized spacial score (nSPS) is 14.1. The van der Waals surface area contributed by atoms with E-state index in [1.54, 1.807) is 12.1 Å². The lowest BCUT2D eigenvalue weighted by molar-refractivity contribution is -0.123. The molecule has 1 aromatic heterocycles. The van der Waals surface area contributed by atoms with Crippen LogP contribution < -0.4 is 14.8 Å². The molecule has 1 N–H and O–H groups in total. The largest absolute Gasteiger partial charge is 0.493 e. The van der Waals surface area contributed by atoms with Gasteiger partial charge in [-0.1, -0.05) is 58.4 Å². The van der Waals surface area contributed by atoms with Gasteiger partial charge in [0, 0.05) is 10.0 Å². The van der Waals surface area contributed by atoms with Crippen molar-refractivity contribution in [1.82, 2.24) is 10.2 Å². The number of nitrogens with one attached hydrogen (secondary N) is 1. The van der Waals surface area contributed by atoms with Crippen molar-refractivity contribution in [2.24, 2.45) is 0 Å². The Kier molecular flexibility index (Phi) is 7.38. The monoisotopic (exact) mass is 590 g/mol. The number of rotatable bonds is 8. The first-order valence-corrected chi connectivity index (χ1v) is 12.7. The number of halogens is 1. The molecule has 1 aliphatic heterocycles. The van der Waals surface area contributed by atoms with Crippen molar-refractivity contribution in [2.45, 2.75) is 13.2 Å². The Morgan fingerprint density at radius 2 is 1.85 bits per heavy atom. The number of furan rings is 1. The molecule has 0 unspecified atom stereocenters. The molecule has 1 fully saturated rings. The van der Waals surface area contributed by atoms with Gasteiger partial charge in [0.1, 0.15) is 18.1 Å². The van der Waals surface area contributed by atoms with Crippen LogP contribution in [-0.4, -0.2) is 37.0 Å². The molecule has 0 atom stereocenters. The second kappa shape index (κ2) is 11.0. The van der Waals surface area contributed by atoms with Crippen molar-refractivity contribution in [3.8, 4) is 11.5 Å². The van der Waals surface area contributed by atoms with E-state index in [9.17, 15) is 14.4 Å². The summed E-state index contributed by atoms with van der Waals surface area (Å²) in [5, 5.41) is 4.76. The molecule has 1 aliphatic rings. The van der Waals surface area contributed by atoms with Gasteiger partial charge in [-0.25, -0.2) is 9.59 Å². The van der Waals surface area contributed by atoms with Gasteiger partial charge in [-0.2, -0.15) is 0 Å². The van der Waals surface area contributed by atoms with Gasteiger partial charge in [-0.3, -0.25) is 9.69 Å². The van der Waals surface area contributed by atoms with Crippen LogP contribution in [0.3, 0.4) is 0 Å². The summed E-state index contributed by atoms with van der Waals surface area (Å²) < 4.78 is 22.6. The van der Waals surface area contributed by atoms with Crippen molar-refractivity contribution in [3.63, 3.8) is 0 Å². The number of benzene rings is 3. The molecule has 2 heterocycles. The average Bonchev–Trinajstić information content (AvgIpc) is 3.52. The van der Waals surface area contributed by atoms with Gasteiger partial charge >= 0.3 is 12.0 Å². The Morgan fingerprint density at radius 1 is 1.05 bits per heavy atom. The first kappa shape index (κ1) is 26.1. The van der Waals surface area contributed by atoms with Crippen LogP contribution >= 0.6 is 15.9 Å². The maximum absolute atomic E-state index is 13.2. The lowest BCUT2D eigenvalue weighted by Crippen LogP contribution is -2.30. The van der Waals surface area contributed by atoms with E-state index >= 15 is 0 Å². The van der Waals surface area contributed by atoms with E-state index in [4.69, 9.17) is 13.9 Å². The van der Waals surface area contributed by atoms with Gasteiger partial charge in [-0.15, -0.1) is 0 Å². The fourth-order valence-corrected chi connectivity index (χ4v) is 4.72. The Bertz CT molecular complexity index is 1620. The van der Waals surface area contributed by atoms with Crippen LogP contribution in [0.5, 0.6) is 11.5 Å². The van der Waals surface area contributed by atoms with Crippen molar-refractivity contribution in [1.29, 1.82) is 0 Å². The minimum atomic E-state index is -0.654. The van der Waals surface area contributed by atoms with Crippen LogP contribution in [0.1, 0.15) is 27.4 Å². The number of amides is 3. The third-order valence-corrected chi connectivity index (χ3v) is 6.60. The topological polar surface area (TPSA) is 107 Å². The molecule has 39 heavy (non-hydrogen) atoms. The fourth-order valence-electron chi connectivity index (χ4n) is 4.27. The molecular weight excluding hydrogens is 568 g/mol. The molecule has 10 heteroatoms. The zero-order valence-corrected chi connectivity index (χ0v) is 22.6. The summed E-state index contributed by atoms with van der Waals surface area (Å²) in [5.41, 5.74) is 1.56.